The Labute approximate surface area is 152 Å². The quantitative estimate of drug-likeness (QED) is 0.340. The Bertz CT molecular complexity index is 1250. The van der Waals surface area contributed by atoms with Crippen molar-refractivity contribution in [2.24, 2.45) is 0 Å². The maximum Gasteiger partial charge on any atom is 0.0496 e. The highest BCUT2D eigenvalue weighted by atomic mass is 14.7. The van der Waals surface area contributed by atoms with Crippen LogP contribution in [-0.2, 0) is 0 Å². The van der Waals surface area contributed by atoms with E-state index in [-0.39, 0.29) is 0 Å². The van der Waals surface area contributed by atoms with Gasteiger partial charge in [0.05, 0.1) is 0 Å². The highest BCUT2D eigenvalue weighted by Gasteiger charge is 2.16. The Kier molecular flexibility index (Phi) is 3.26. The number of hydrogen-bond acceptors (Lipinski definition) is 0. The molecule has 5 aromatic rings. The monoisotopic (exact) mass is 336 g/mol. The molecule has 0 bridgehead atoms. The van der Waals surface area contributed by atoms with Crippen molar-refractivity contribution in [1.82, 2.24) is 9.97 Å². The van der Waals surface area contributed by atoms with Gasteiger partial charge < -0.3 is 9.97 Å². The molecule has 126 valence electrons. The van der Waals surface area contributed by atoms with Gasteiger partial charge in [0.25, 0.3) is 0 Å². The van der Waals surface area contributed by atoms with E-state index in [0.717, 1.165) is 0 Å². The lowest BCUT2D eigenvalue weighted by molar-refractivity contribution is 1.35. The summed E-state index contributed by atoms with van der Waals surface area (Å²) in [5.74, 6) is 0. The van der Waals surface area contributed by atoms with Crippen molar-refractivity contribution in [3.05, 3.63) is 84.2 Å². The van der Waals surface area contributed by atoms with Gasteiger partial charge in [0.2, 0.25) is 0 Å². The summed E-state index contributed by atoms with van der Waals surface area (Å²) >= 11 is 0. The van der Waals surface area contributed by atoms with Crippen LogP contribution in [0.4, 0.5) is 0 Å². The van der Waals surface area contributed by atoms with Gasteiger partial charge in [-0.25, -0.2) is 0 Å². The number of nitrogens with one attached hydrogen (secondary N) is 2. The van der Waals surface area contributed by atoms with E-state index in [1.807, 2.05) is 12.4 Å². The Hall–Kier alpha value is -3.26. The highest BCUT2D eigenvalue weighted by molar-refractivity contribution is 6.09. The first kappa shape index (κ1) is 15.0. The summed E-state index contributed by atoms with van der Waals surface area (Å²) in [6.07, 6.45) is 4.04. The molecule has 26 heavy (non-hydrogen) atoms. The summed E-state index contributed by atoms with van der Waals surface area (Å²) in [5, 5.41) is 5.09. The zero-order valence-electron chi connectivity index (χ0n) is 14.9. The number of aryl methyl sites for hydroxylation is 2. The standard InChI is InChI=1S/C24H20N2/c1-15-9-11-25-23(15)20-8-7-19-13-17-5-3-4-6-18(17)14-21(19)22(20)24-16(2)10-12-26-24/h3-14,25-26H,1-2H3. The molecule has 0 atom stereocenters. The molecule has 0 saturated heterocycles. The third kappa shape index (κ3) is 2.19. The van der Waals surface area contributed by atoms with Crippen molar-refractivity contribution in [2.75, 3.05) is 0 Å². The van der Waals surface area contributed by atoms with E-state index in [1.165, 1.54) is 55.2 Å². The minimum Gasteiger partial charge on any atom is -0.361 e. The van der Waals surface area contributed by atoms with E-state index in [1.54, 1.807) is 0 Å². The topological polar surface area (TPSA) is 31.6 Å². The van der Waals surface area contributed by atoms with Gasteiger partial charge in [-0.3, -0.25) is 0 Å². The molecule has 0 aliphatic carbocycles. The van der Waals surface area contributed by atoms with Crippen LogP contribution in [0, 0.1) is 13.8 Å². The molecule has 0 unspecified atom stereocenters. The zero-order valence-corrected chi connectivity index (χ0v) is 14.9. The van der Waals surface area contributed by atoms with E-state index in [9.17, 15) is 0 Å². The molecule has 5 rings (SSSR count). The van der Waals surface area contributed by atoms with Crippen LogP contribution in [0.3, 0.4) is 0 Å². The molecule has 0 amide bonds. The van der Waals surface area contributed by atoms with Crippen molar-refractivity contribution in [1.29, 1.82) is 0 Å². The summed E-state index contributed by atoms with van der Waals surface area (Å²) in [6.45, 7) is 4.32. The lowest BCUT2D eigenvalue weighted by Gasteiger charge is -2.15. The SMILES string of the molecule is Cc1cc[nH]c1-c1ccc2cc3ccccc3cc2c1-c1[nH]ccc1C. The molecule has 0 saturated carbocycles. The molecule has 2 N–H and O–H groups in total. The molecule has 2 heteroatoms. The number of hydrogen-bond donors (Lipinski definition) is 2. The Morgan fingerprint density at radius 1 is 0.615 bits per heavy atom. The van der Waals surface area contributed by atoms with E-state index < -0.39 is 0 Å². The lowest BCUT2D eigenvalue weighted by Crippen LogP contribution is -1.91. The number of aromatic nitrogens is 2. The van der Waals surface area contributed by atoms with Gasteiger partial charge in [0.15, 0.2) is 0 Å². The van der Waals surface area contributed by atoms with Crippen molar-refractivity contribution < 1.29 is 0 Å². The van der Waals surface area contributed by atoms with E-state index in [0.29, 0.717) is 0 Å². The minimum atomic E-state index is 1.18. The summed E-state index contributed by atoms with van der Waals surface area (Å²) < 4.78 is 0. The third-order valence-electron chi connectivity index (χ3n) is 5.32. The van der Waals surface area contributed by atoms with Gasteiger partial charge in [-0.1, -0.05) is 36.4 Å². The summed E-state index contributed by atoms with van der Waals surface area (Å²) in [4.78, 5) is 6.90. The maximum atomic E-state index is 3.47. The number of H-pyrrole nitrogens is 2. The Balaban J connectivity index is 1.95. The van der Waals surface area contributed by atoms with Crippen molar-refractivity contribution in [2.45, 2.75) is 13.8 Å². The third-order valence-corrected chi connectivity index (χ3v) is 5.32. The number of rotatable bonds is 2. The second-order valence-electron chi connectivity index (χ2n) is 6.98. The van der Waals surface area contributed by atoms with Crippen LogP contribution in [0.1, 0.15) is 11.1 Å². The number of fused-ring (bicyclic) bond motifs is 2. The van der Waals surface area contributed by atoms with Gasteiger partial charge in [-0.2, -0.15) is 0 Å². The molecule has 3 aromatic carbocycles. The molecule has 0 fully saturated rings. The van der Waals surface area contributed by atoms with Crippen molar-refractivity contribution >= 4 is 21.5 Å². The molecular formula is C24H20N2. The van der Waals surface area contributed by atoms with Crippen LogP contribution < -0.4 is 0 Å². The van der Waals surface area contributed by atoms with Gasteiger partial charge in [-0.15, -0.1) is 0 Å². The zero-order chi connectivity index (χ0) is 17.7. The predicted octanol–water partition coefficient (Wildman–Crippen LogP) is 6.60. The second-order valence-corrected chi connectivity index (χ2v) is 6.98. The predicted molar refractivity (Wildman–Crippen MR) is 111 cm³/mol. The summed E-state index contributed by atoms with van der Waals surface area (Å²) in [7, 11) is 0. The number of aromatic amines is 2. The van der Waals surface area contributed by atoms with Gasteiger partial charge in [0.1, 0.15) is 0 Å². The van der Waals surface area contributed by atoms with Crippen LogP contribution in [0.5, 0.6) is 0 Å². The van der Waals surface area contributed by atoms with Crippen LogP contribution in [-0.4, -0.2) is 9.97 Å². The lowest BCUT2D eigenvalue weighted by atomic mass is 9.91. The average Bonchev–Trinajstić information content (AvgIpc) is 3.27. The first-order valence-electron chi connectivity index (χ1n) is 8.96. The molecule has 2 aromatic heterocycles. The molecule has 0 spiro atoms. The van der Waals surface area contributed by atoms with Crippen LogP contribution >= 0.6 is 0 Å². The smallest absolute Gasteiger partial charge is 0.0496 e. The molecule has 0 aliphatic heterocycles. The van der Waals surface area contributed by atoms with E-state index in [2.05, 4.69) is 84.5 Å². The first-order valence-corrected chi connectivity index (χ1v) is 8.96. The number of benzene rings is 3. The highest BCUT2D eigenvalue weighted by Crippen LogP contribution is 2.40. The maximum absolute atomic E-state index is 3.47. The van der Waals surface area contributed by atoms with Crippen LogP contribution in [0.15, 0.2) is 73.1 Å². The molecular weight excluding hydrogens is 316 g/mol. The fourth-order valence-corrected chi connectivity index (χ4v) is 3.95. The fourth-order valence-electron chi connectivity index (χ4n) is 3.95. The molecule has 2 heterocycles. The minimum absolute atomic E-state index is 1.18. The normalized spacial score (nSPS) is 11.5. The van der Waals surface area contributed by atoms with E-state index in [4.69, 9.17) is 0 Å². The molecule has 0 radical (unpaired) electrons. The molecule has 0 aliphatic rings. The Morgan fingerprint density at radius 3 is 1.92 bits per heavy atom. The van der Waals surface area contributed by atoms with Crippen LogP contribution in [0.25, 0.3) is 44.1 Å². The van der Waals surface area contributed by atoms with E-state index >= 15 is 0 Å². The Morgan fingerprint density at radius 2 is 1.27 bits per heavy atom. The van der Waals surface area contributed by atoms with Crippen molar-refractivity contribution in [3.8, 4) is 22.5 Å². The summed E-state index contributed by atoms with van der Waals surface area (Å²) in [5.41, 5.74) is 7.40. The van der Waals surface area contributed by atoms with Gasteiger partial charge >= 0.3 is 0 Å². The first-order chi connectivity index (χ1) is 12.7. The van der Waals surface area contributed by atoms with Crippen molar-refractivity contribution in [3.63, 3.8) is 0 Å². The second kappa shape index (κ2) is 5.63. The van der Waals surface area contributed by atoms with Gasteiger partial charge in [-0.05, 0) is 70.8 Å². The molecule has 2 nitrogen and oxygen atoms in total. The summed E-state index contributed by atoms with van der Waals surface area (Å²) in [6, 6.07) is 21.9. The largest absolute Gasteiger partial charge is 0.361 e. The van der Waals surface area contributed by atoms with Crippen LogP contribution in [0.2, 0.25) is 0 Å². The average molecular weight is 336 g/mol. The fraction of sp³-hybridized carbons (Fsp3) is 0.0833. The van der Waals surface area contributed by atoms with Gasteiger partial charge in [0, 0.05) is 34.9 Å².